The van der Waals surface area contributed by atoms with E-state index in [9.17, 15) is 4.79 Å². The van der Waals surface area contributed by atoms with Gasteiger partial charge in [-0.25, -0.2) is 0 Å². The van der Waals surface area contributed by atoms with Crippen LogP contribution in [-0.2, 0) is 11.2 Å². The zero-order valence-corrected chi connectivity index (χ0v) is 12.0. The minimum absolute atomic E-state index is 0.178. The SMILES string of the molecule is CCC1(C(=O)NC(C)Cc2ccsc2)CCNC1. The summed E-state index contributed by atoms with van der Waals surface area (Å²) < 4.78 is 0. The van der Waals surface area contributed by atoms with E-state index in [1.54, 1.807) is 11.3 Å². The lowest BCUT2D eigenvalue weighted by Crippen LogP contribution is -2.46. The van der Waals surface area contributed by atoms with Crippen LogP contribution in [0.15, 0.2) is 16.8 Å². The van der Waals surface area contributed by atoms with E-state index in [-0.39, 0.29) is 17.4 Å². The summed E-state index contributed by atoms with van der Waals surface area (Å²) in [6.45, 7) is 5.97. The summed E-state index contributed by atoms with van der Waals surface area (Å²) in [5.41, 5.74) is 1.13. The average Bonchev–Trinajstić information content (AvgIpc) is 2.99. The molecule has 100 valence electrons. The zero-order valence-electron chi connectivity index (χ0n) is 11.2. The van der Waals surface area contributed by atoms with Crippen LogP contribution in [0.1, 0.15) is 32.3 Å². The number of rotatable bonds is 5. The molecule has 2 unspecified atom stereocenters. The van der Waals surface area contributed by atoms with Gasteiger partial charge in [-0.3, -0.25) is 4.79 Å². The molecule has 2 rings (SSSR count). The van der Waals surface area contributed by atoms with E-state index < -0.39 is 0 Å². The van der Waals surface area contributed by atoms with Crippen molar-refractivity contribution in [2.75, 3.05) is 13.1 Å². The van der Waals surface area contributed by atoms with Gasteiger partial charge in [0.15, 0.2) is 0 Å². The van der Waals surface area contributed by atoms with Crippen LogP contribution in [0, 0.1) is 5.41 Å². The van der Waals surface area contributed by atoms with E-state index in [4.69, 9.17) is 0 Å². The highest BCUT2D eigenvalue weighted by atomic mass is 32.1. The summed E-state index contributed by atoms with van der Waals surface area (Å²) in [5, 5.41) is 10.7. The molecule has 0 aliphatic carbocycles. The van der Waals surface area contributed by atoms with E-state index >= 15 is 0 Å². The Bertz CT molecular complexity index is 383. The fraction of sp³-hybridized carbons (Fsp3) is 0.643. The van der Waals surface area contributed by atoms with Gasteiger partial charge in [0.25, 0.3) is 0 Å². The summed E-state index contributed by atoms with van der Waals surface area (Å²) in [5.74, 6) is 0.220. The largest absolute Gasteiger partial charge is 0.353 e. The van der Waals surface area contributed by atoms with Crippen LogP contribution in [0.5, 0.6) is 0 Å². The third-order valence-electron chi connectivity index (χ3n) is 3.90. The van der Waals surface area contributed by atoms with Crippen molar-refractivity contribution in [3.63, 3.8) is 0 Å². The molecule has 1 amide bonds. The van der Waals surface area contributed by atoms with Crippen molar-refractivity contribution in [2.24, 2.45) is 5.41 Å². The topological polar surface area (TPSA) is 41.1 Å². The molecule has 2 atom stereocenters. The first-order valence-corrected chi connectivity index (χ1v) is 7.63. The Morgan fingerprint density at radius 3 is 3.06 bits per heavy atom. The van der Waals surface area contributed by atoms with Gasteiger partial charge in [0, 0.05) is 12.6 Å². The van der Waals surface area contributed by atoms with Crippen molar-refractivity contribution in [1.82, 2.24) is 10.6 Å². The van der Waals surface area contributed by atoms with Crippen molar-refractivity contribution < 1.29 is 4.79 Å². The first-order valence-electron chi connectivity index (χ1n) is 6.69. The van der Waals surface area contributed by atoms with Crippen LogP contribution in [0.2, 0.25) is 0 Å². The van der Waals surface area contributed by atoms with Gasteiger partial charge in [0.05, 0.1) is 5.41 Å². The highest BCUT2D eigenvalue weighted by Crippen LogP contribution is 2.29. The highest BCUT2D eigenvalue weighted by molar-refractivity contribution is 7.07. The quantitative estimate of drug-likeness (QED) is 0.857. The van der Waals surface area contributed by atoms with Crippen molar-refractivity contribution in [3.05, 3.63) is 22.4 Å². The molecule has 18 heavy (non-hydrogen) atoms. The lowest BCUT2D eigenvalue weighted by Gasteiger charge is -2.27. The number of hydrogen-bond acceptors (Lipinski definition) is 3. The van der Waals surface area contributed by atoms with Gasteiger partial charge in [-0.2, -0.15) is 11.3 Å². The monoisotopic (exact) mass is 266 g/mol. The molecule has 0 bridgehead atoms. The lowest BCUT2D eigenvalue weighted by atomic mass is 9.83. The number of nitrogens with one attached hydrogen (secondary N) is 2. The number of carbonyl (C=O) groups excluding carboxylic acids is 1. The molecule has 0 saturated carbocycles. The zero-order chi connectivity index (χ0) is 13.0. The standard InChI is InChI=1S/C14H22N2OS/c1-3-14(5-6-15-10-14)13(17)16-11(2)8-12-4-7-18-9-12/h4,7,9,11,15H,3,5-6,8,10H2,1-2H3,(H,16,17). The van der Waals surface area contributed by atoms with Crippen molar-refractivity contribution in [2.45, 2.75) is 39.2 Å². The molecule has 0 radical (unpaired) electrons. The number of amides is 1. The minimum Gasteiger partial charge on any atom is -0.353 e. The Labute approximate surface area is 113 Å². The van der Waals surface area contributed by atoms with Crippen LogP contribution in [0.25, 0.3) is 0 Å². The maximum Gasteiger partial charge on any atom is 0.227 e. The predicted molar refractivity (Wildman–Crippen MR) is 75.8 cm³/mol. The molecule has 1 aliphatic heterocycles. The fourth-order valence-electron chi connectivity index (χ4n) is 2.59. The highest BCUT2D eigenvalue weighted by Gasteiger charge is 2.39. The molecule has 2 heterocycles. The summed E-state index contributed by atoms with van der Waals surface area (Å²) in [6, 6.07) is 2.33. The van der Waals surface area contributed by atoms with E-state index in [0.29, 0.717) is 0 Å². The third-order valence-corrected chi connectivity index (χ3v) is 4.63. The van der Waals surface area contributed by atoms with Crippen LogP contribution in [0.4, 0.5) is 0 Å². The fourth-order valence-corrected chi connectivity index (χ4v) is 3.27. The van der Waals surface area contributed by atoms with Gasteiger partial charge < -0.3 is 10.6 Å². The Morgan fingerprint density at radius 1 is 1.67 bits per heavy atom. The molecule has 1 aliphatic rings. The molecule has 4 heteroatoms. The molecule has 1 aromatic heterocycles. The Kier molecular flexibility index (Phi) is 4.40. The van der Waals surface area contributed by atoms with Crippen molar-refractivity contribution >= 4 is 17.2 Å². The molecule has 3 nitrogen and oxygen atoms in total. The van der Waals surface area contributed by atoms with E-state index in [2.05, 4.69) is 41.3 Å². The number of thiophene rings is 1. The second-order valence-electron chi connectivity index (χ2n) is 5.27. The van der Waals surface area contributed by atoms with E-state index in [0.717, 1.165) is 32.4 Å². The second kappa shape index (κ2) is 5.85. The molecule has 2 N–H and O–H groups in total. The third kappa shape index (κ3) is 2.93. The van der Waals surface area contributed by atoms with Crippen molar-refractivity contribution in [1.29, 1.82) is 0 Å². The van der Waals surface area contributed by atoms with Crippen LogP contribution in [-0.4, -0.2) is 25.0 Å². The summed E-state index contributed by atoms with van der Waals surface area (Å²) >= 11 is 1.71. The molecule has 1 saturated heterocycles. The first kappa shape index (κ1) is 13.6. The molecular weight excluding hydrogens is 244 g/mol. The smallest absolute Gasteiger partial charge is 0.227 e. The Hall–Kier alpha value is -0.870. The number of hydrogen-bond donors (Lipinski definition) is 2. The van der Waals surface area contributed by atoms with E-state index in [1.165, 1.54) is 5.56 Å². The maximum absolute atomic E-state index is 12.4. The molecular formula is C14H22N2OS. The lowest BCUT2D eigenvalue weighted by molar-refractivity contribution is -0.130. The average molecular weight is 266 g/mol. The Morgan fingerprint density at radius 2 is 2.50 bits per heavy atom. The van der Waals surface area contributed by atoms with E-state index in [1.807, 2.05) is 0 Å². The van der Waals surface area contributed by atoms with Gasteiger partial charge >= 0.3 is 0 Å². The molecule has 1 fully saturated rings. The van der Waals surface area contributed by atoms with Gasteiger partial charge in [-0.15, -0.1) is 0 Å². The summed E-state index contributed by atoms with van der Waals surface area (Å²) in [6.07, 6.45) is 2.79. The normalized spacial score (nSPS) is 25.0. The van der Waals surface area contributed by atoms with Gasteiger partial charge in [-0.05, 0) is 55.1 Å². The van der Waals surface area contributed by atoms with Gasteiger partial charge in [0.1, 0.15) is 0 Å². The molecule has 1 aromatic rings. The number of carbonyl (C=O) groups is 1. The van der Waals surface area contributed by atoms with Gasteiger partial charge in [-0.1, -0.05) is 6.92 Å². The predicted octanol–water partition coefficient (Wildman–Crippen LogP) is 2.18. The Balaban J connectivity index is 1.90. The van der Waals surface area contributed by atoms with Gasteiger partial charge in [0.2, 0.25) is 5.91 Å². The first-order chi connectivity index (χ1) is 8.66. The van der Waals surface area contributed by atoms with Crippen molar-refractivity contribution in [3.8, 4) is 0 Å². The van der Waals surface area contributed by atoms with Crippen LogP contribution in [0.3, 0.4) is 0 Å². The van der Waals surface area contributed by atoms with Crippen LogP contribution >= 0.6 is 11.3 Å². The summed E-state index contributed by atoms with van der Waals surface area (Å²) in [7, 11) is 0. The molecule has 0 spiro atoms. The van der Waals surface area contributed by atoms with Crippen LogP contribution < -0.4 is 10.6 Å². The molecule has 0 aromatic carbocycles. The maximum atomic E-state index is 12.4. The second-order valence-corrected chi connectivity index (χ2v) is 6.05. The minimum atomic E-state index is -0.178. The summed E-state index contributed by atoms with van der Waals surface area (Å²) in [4.78, 5) is 12.4.